The van der Waals surface area contributed by atoms with Crippen LogP contribution in [0, 0.1) is 5.82 Å². The zero-order valence-corrected chi connectivity index (χ0v) is 11.6. The average molecular weight is 292 g/mol. The molecule has 0 spiro atoms. The number of hydrogen-bond donors (Lipinski definition) is 1. The van der Waals surface area contributed by atoms with Gasteiger partial charge in [0.05, 0.1) is 0 Å². The third-order valence-electron chi connectivity index (χ3n) is 3.72. The lowest BCUT2D eigenvalue weighted by Crippen LogP contribution is -2.21. The number of anilines is 1. The Kier molecular flexibility index (Phi) is 2.96. The molecule has 1 aromatic heterocycles. The lowest BCUT2D eigenvalue weighted by molar-refractivity contribution is 0.551. The van der Waals surface area contributed by atoms with Crippen molar-refractivity contribution < 1.29 is 4.39 Å². The summed E-state index contributed by atoms with van der Waals surface area (Å²) in [6, 6.07) is 16.3. The third-order valence-corrected chi connectivity index (χ3v) is 3.72. The maximum absolute atomic E-state index is 14.2. The predicted octanol–water partition coefficient (Wildman–Crippen LogP) is 3.47. The van der Waals surface area contributed by atoms with Crippen LogP contribution in [0.2, 0.25) is 0 Å². The van der Waals surface area contributed by atoms with Crippen LogP contribution in [0.25, 0.3) is 5.70 Å². The summed E-state index contributed by atoms with van der Waals surface area (Å²) in [4.78, 5) is 4.22. The van der Waals surface area contributed by atoms with Crippen molar-refractivity contribution in [2.75, 3.05) is 5.32 Å². The van der Waals surface area contributed by atoms with Crippen LogP contribution in [0.3, 0.4) is 0 Å². The van der Waals surface area contributed by atoms with Gasteiger partial charge >= 0.3 is 0 Å². The molecule has 0 saturated heterocycles. The minimum atomic E-state index is -0.324. The van der Waals surface area contributed by atoms with Gasteiger partial charge in [0.25, 0.3) is 0 Å². The van der Waals surface area contributed by atoms with E-state index in [2.05, 4.69) is 15.4 Å². The van der Waals surface area contributed by atoms with Crippen LogP contribution in [0.1, 0.15) is 17.2 Å². The number of rotatable bonds is 2. The molecule has 0 saturated carbocycles. The highest BCUT2D eigenvalue weighted by molar-refractivity contribution is 5.77. The summed E-state index contributed by atoms with van der Waals surface area (Å²) >= 11 is 0. The number of nitrogens with zero attached hydrogens (tertiary/aromatic N) is 3. The lowest BCUT2D eigenvalue weighted by atomic mass is 10.0. The first kappa shape index (κ1) is 12.8. The highest BCUT2D eigenvalue weighted by Crippen LogP contribution is 2.32. The number of hydrogen-bond acceptors (Lipinski definition) is 3. The topological polar surface area (TPSA) is 42.7 Å². The SMILES string of the molecule is Fc1ccccc1[C@H]1C=C(c2ccccc2)Nc2ncnn21. The Morgan fingerprint density at radius 1 is 1.00 bits per heavy atom. The van der Waals surface area contributed by atoms with Crippen LogP contribution in [0.5, 0.6) is 0 Å². The quantitative estimate of drug-likeness (QED) is 0.786. The van der Waals surface area contributed by atoms with Crippen molar-refractivity contribution in [3.05, 3.63) is 83.9 Å². The van der Waals surface area contributed by atoms with Crippen molar-refractivity contribution in [1.29, 1.82) is 0 Å². The van der Waals surface area contributed by atoms with Gasteiger partial charge in [-0.05, 0) is 17.7 Å². The summed E-state index contributed by atoms with van der Waals surface area (Å²) in [5.74, 6) is 0.356. The van der Waals surface area contributed by atoms with E-state index in [0.29, 0.717) is 11.5 Å². The van der Waals surface area contributed by atoms with Gasteiger partial charge in [-0.2, -0.15) is 10.1 Å². The molecule has 0 radical (unpaired) electrons. The summed E-state index contributed by atoms with van der Waals surface area (Å²) in [5.41, 5.74) is 2.50. The second kappa shape index (κ2) is 5.11. The zero-order valence-electron chi connectivity index (χ0n) is 11.6. The lowest BCUT2D eigenvalue weighted by Gasteiger charge is -2.24. The first-order chi connectivity index (χ1) is 10.8. The van der Waals surface area contributed by atoms with Crippen molar-refractivity contribution in [1.82, 2.24) is 14.8 Å². The molecule has 1 atom stereocenters. The molecule has 5 heteroatoms. The highest BCUT2D eigenvalue weighted by atomic mass is 19.1. The molecule has 3 aromatic rings. The van der Waals surface area contributed by atoms with Gasteiger partial charge in [0.15, 0.2) is 0 Å². The Labute approximate surface area is 126 Å². The Morgan fingerprint density at radius 2 is 1.77 bits per heavy atom. The molecule has 0 unspecified atom stereocenters. The van der Waals surface area contributed by atoms with Gasteiger partial charge in [0.2, 0.25) is 5.95 Å². The standard InChI is InChI=1S/C17H13FN4/c18-14-9-5-4-8-13(14)16-10-15(12-6-2-1-3-7-12)21-17-19-11-20-22(16)17/h1-11,16H,(H,19,20,21)/t16-/m1/s1. The smallest absolute Gasteiger partial charge is 0.226 e. The summed E-state index contributed by atoms with van der Waals surface area (Å²) in [5, 5.41) is 7.46. The van der Waals surface area contributed by atoms with E-state index in [1.165, 1.54) is 12.4 Å². The summed E-state index contributed by atoms with van der Waals surface area (Å²) in [6.45, 7) is 0. The van der Waals surface area contributed by atoms with E-state index < -0.39 is 0 Å². The molecule has 1 aliphatic heterocycles. The van der Waals surface area contributed by atoms with E-state index in [1.54, 1.807) is 16.8 Å². The Morgan fingerprint density at radius 3 is 2.59 bits per heavy atom. The number of aromatic nitrogens is 3. The van der Waals surface area contributed by atoms with E-state index in [0.717, 1.165) is 11.3 Å². The first-order valence-electron chi connectivity index (χ1n) is 7.01. The van der Waals surface area contributed by atoms with Crippen LogP contribution in [-0.4, -0.2) is 14.8 Å². The van der Waals surface area contributed by atoms with Crippen molar-refractivity contribution in [3.63, 3.8) is 0 Å². The van der Waals surface area contributed by atoms with Gasteiger partial charge in [-0.3, -0.25) is 0 Å². The largest absolute Gasteiger partial charge is 0.324 e. The van der Waals surface area contributed by atoms with E-state index in [-0.39, 0.29) is 11.9 Å². The minimum Gasteiger partial charge on any atom is -0.324 e. The van der Waals surface area contributed by atoms with Gasteiger partial charge in [-0.15, -0.1) is 0 Å². The second-order valence-electron chi connectivity index (χ2n) is 5.07. The molecular formula is C17H13FN4. The molecule has 1 N–H and O–H groups in total. The van der Waals surface area contributed by atoms with Crippen LogP contribution in [0.4, 0.5) is 10.3 Å². The van der Waals surface area contributed by atoms with E-state index in [4.69, 9.17) is 0 Å². The normalized spacial score (nSPS) is 16.6. The molecule has 0 fully saturated rings. The Balaban J connectivity index is 1.86. The minimum absolute atomic E-state index is 0.250. The fourth-order valence-corrected chi connectivity index (χ4v) is 2.66. The molecule has 0 amide bonds. The number of allylic oxidation sites excluding steroid dienone is 1. The zero-order chi connectivity index (χ0) is 14.9. The van der Waals surface area contributed by atoms with E-state index in [9.17, 15) is 4.39 Å². The molecule has 108 valence electrons. The van der Waals surface area contributed by atoms with Gasteiger partial charge in [-0.1, -0.05) is 48.5 Å². The fourth-order valence-electron chi connectivity index (χ4n) is 2.66. The molecule has 4 nitrogen and oxygen atoms in total. The molecule has 0 bridgehead atoms. The molecule has 4 rings (SSSR count). The average Bonchev–Trinajstić information content (AvgIpc) is 3.04. The van der Waals surface area contributed by atoms with Crippen molar-refractivity contribution >= 4 is 11.6 Å². The maximum atomic E-state index is 14.2. The third kappa shape index (κ3) is 2.07. The highest BCUT2D eigenvalue weighted by Gasteiger charge is 2.25. The van der Waals surface area contributed by atoms with Gasteiger partial charge in [0.1, 0.15) is 18.2 Å². The first-order valence-corrected chi connectivity index (χ1v) is 7.01. The molecule has 2 aromatic carbocycles. The summed E-state index contributed by atoms with van der Waals surface area (Å²) in [7, 11) is 0. The molecule has 0 aliphatic carbocycles. The van der Waals surface area contributed by atoms with E-state index in [1.807, 2.05) is 42.5 Å². The van der Waals surface area contributed by atoms with Crippen LogP contribution < -0.4 is 5.32 Å². The number of benzene rings is 2. The van der Waals surface area contributed by atoms with Crippen LogP contribution in [0.15, 0.2) is 67.0 Å². The van der Waals surface area contributed by atoms with Crippen LogP contribution >= 0.6 is 0 Å². The monoisotopic (exact) mass is 292 g/mol. The van der Waals surface area contributed by atoms with Gasteiger partial charge in [-0.25, -0.2) is 9.07 Å². The molecule has 1 aliphatic rings. The molecular weight excluding hydrogens is 279 g/mol. The maximum Gasteiger partial charge on any atom is 0.226 e. The Hall–Kier alpha value is -2.95. The van der Waals surface area contributed by atoms with Gasteiger partial charge < -0.3 is 5.32 Å². The molecule has 2 heterocycles. The Bertz CT molecular complexity index is 839. The summed E-state index contributed by atoms with van der Waals surface area (Å²) < 4.78 is 15.9. The fraction of sp³-hybridized carbons (Fsp3) is 0.0588. The van der Waals surface area contributed by atoms with Crippen molar-refractivity contribution in [2.24, 2.45) is 0 Å². The number of nitrogens with one attached hydrogen (secondary N) is 1. The summed E-state index contributed by atoms with van der Waals surface area (Å²) in [6.07, 6.45) is 3.44. The van der Waals surface area contributed by atoms with Crippen molar-refractivity contribution in [2.45, 2.75) is 6.04 Å². The van der Waals surface area contributed by atoms with Gasteiger partial charge in [0, 0.05) is 11.3 Å². The predicted molar refractivity (Wildman–Crippen MR) is 82.6 cm³/mol. The number of halogens is 1. The second-order valence-corrected chi connectivity index (χ2v) is 5.07. The van der Waals surface area contributed by atoms with Crippen molar-refractivity contribution in [3.8, 4) is 0 Å². The molecule has 22 heavy (non-hydrogen) atoms. The van der Waals surface area contributed by atoms with Crippen LogP contribution in [-0.2, 0) is 0 Å². The van der Waals surface area contributed by atoms with E-state index >= 15 is 0 Å². The number of fused-ring (bicyclic) bond motifs is 1.